The molecule has 10 heteroatoms. The Morgan fingerprint density at radius 1 is 1.00 bits per heavy atom. The molecule has 0 aromatic heterocycles. The van der Waals surface area contributed by atoms with Gasteiger partial charge in [0, 0.05) is 5.56 Å². The number of hydrogen-bond acceptors (Lipinski definition) is 6. The summed E-state index contributed by atoms with van der Waals surface area (Å²) in [5, 5.41) is 6.55. The van der Waals surface area contributed by atoms with Gasteiger partial charge in [-0.15, -0.1) is 0 Å². The summed E-state index contributed by atoms with van der Waals surface area (Å²) in [4.78, 5) is 24.3. The Labute approximate surface area is 206 Å². The molecule has 0 aliphatic rings. The zero-order chi connectivity index (χ0) is 25.2. The van der Waals surface area contributed by atoms with Crippen LogP contribution in [0.2, 0.25) is 5.02 Å². The SMILES string of the molecule is CCOc1ccccc1NC(=O)C(=O)NN=Cc1ccc(OCc2c(F)cccc2Cl)c(OC)c1. The highest BCUT2D eigenvalue weighted by atomic mass is 35.5. The van der Waals surface area contributed by atoms with Crippen molar-refractivity contribution in [2.45, 2.75) is 13.5 Å². The van der Waals surface area contributed by atoms with Gasteiger partial charge in [-0.25, -0.2) is 9.82 Å². The van der Waals surface area contributed by atoms with Gasteiger partial charge in [0.1, 0.15) is 18.2 Å². The lowest BCUT2D eigenvalue weighted by molar-refractivity contribution is -0.136. The van der Waals surface area contributed by atoms with Crippen LogP contribution in [-0.4, -0.2) is 31.7 Å². The van der Waals surface area contributed by atoms with Gasteiger partial charge in [-0.05, 0) is 55.0 Å². The van der Waals surface area contributed by atoms with Crippen LogP contribution in [0.5, 0.6) is 17.2 Å². The van der Waals surface area contributed by atoms with Crippen molar-refractivity contribution < 1.29 is 28.2 Å². The number of para-hydroxylation sites is 2. The third-order valence-corrected chi connectivity index (χ3v) is 5.00. The van der Waals surface area contributed by atoms with Crippen molar-refractivity contribution in [3.8, 4) is 17.2 Å². The summed E-state index contributed by atoms with van der Waals surface area (Å²) in [5.41, 5.74) is 3.32. The molecule has 0 saturated carbocycles. The number of carbonyl (C=O) groups excluding carboxylic acids is 2. The normalized spacial score (nSPS) is 10.6. The fraction of sp³-hybridized carbons (Fsp3) is 0.160. The number of hydrazone groups is 1. The van der Waals surface area contributed by atoms with E-state index >= 15 is 0 Å². The summed E-state index contributed by atoms with van der Waals surface area (Å²) < 4.78 is 30.4. The quantitative estimate of drug-likeness (QED) is 0.255. The van der Waals surface area contributed by atoms with Crippen LogP contribution in [0.15, 0.2) is 65.8 Å². The van der Waals surface area contributed by atoms with Gasteiger partial charge in [-0.1, -0.05) is 29.8 Å². The second-order valence-corrected chi connectivity index (χ2v) is 7.39. The van der Waals surface area contributed by atoms with E-state index in [2.05, 4.69) is 15.8 Å². The van der Waals surface area contributed by atoms with Crippen molar-refractivity contribution in [2.24, 2.45) is 5.10 Å². The maximum atomic E-state index is 14.0. The monoisotopic (exact) mass is 499 g/mol. The highest BCUT2D eigenvalue weighted by Crippen LogP contribution is 2.30. The van der Waals surface area contributed by atoms with Crippen molar-refractivity contribution in [2.75, 3.05) is 19.0 Å². The molecule has 0 unspecified atom stereocenters. The smallest absolute Gasteiger partial charge is 0.329 e. The first-order valence-electron chi connectivity index (χ1n) is 10.5. The molecule has 8 nitrogen and oxygen atoms in total. The van der Waals surface area contributed by atoms with E-state index in [0.29, 0.717) is 35.1 Å². The Bertz CT molecular complexity index is 1220. The Hall–Kier alpha value is -4.11. The molecule has 3 aromatic carbocycles. The Morgan fingerprint density at radius 3 is 2.54 bits per heavy atom. The fourth-order valence-corrected chi connectivity index (χ4v) is 3.17. The number of benzene rings is 3. The molecule has 0 atom stereocenters. The van der Waals surface area contributed by atoms with Crippen molar-refractivity contribution in [3.05, 3.63) is 82.6 Å². The lowest BCUT2D eigenvalue weighted by atomic mass is 10.2. The summed E-state index contributed by atoms with van der Waals surface area (Å²) in [6, 6.07) is 16.0. The van der Waals surface area contributed by atoms with Crippen molar-refractivity contribution in [3.63, 3.8) is 0 Å². The zero-order valence-corrected chi connectivity index (χ0v) is 19.8. The van der Waals surface area contributed by atoms with E-state index < -0.39 is 17.6 Å². The highest BCUT2D eigenvalue weighted by Gasteiger charge is 2.15. The van der Waals surface area contributed by atoms with Gasteiger partial charge in [-0.3, -0.25) is 9.59 Å². The van der Waals surface area contributed by atoms with Gasteiger partial charge >= 0.3 is 11.8 Å². The van der Waals surface area contributed by atoms with E-state index in [0.717, 1.165) is 0 Å². The minimum absolute atomic E-state index is 0.0904. The molecule has 0 fully saturated rings. The van der Waals surface area contributed by atoms with Crippen LogP contribution in [0.1, 0.15) is 18.1 Å². The van der Waals surface area contributed by atoms with Gasteiger partial charge in [0.05, 0.1) is 30.6 Å². The maximum absolute atomic E-state index is 14.0. The number of methoxy groups -OCH3 is 1. The number of hydrogen-bond donors (Lipinski definition) is 2. The third kappa shape index (κ3) is 6.94. The molecular formula is C25H23ClFN3O5. The van der Waals surface area contributed by atoms with E-state index in [4.69, 9.17) is 25.8 Å². The molecule has 35 heavy (non-hydrogen) atoms. The van der Waals surface area contributed by atoms with E-state index in [1.165, 1.54) is 25.5 Å². The Balaban J connectivity index is 1.60. The number of carbonyl (C=O) groups is 2. The van der Waals surface area contributed by atoms with Gasteiger partial charge in [0.25, 0.3) is 0 Å². The first kappa shape index (κ1) is 25.5. The van der Waals surface area contributed by atoms with Gasteiger partial charge in [0.2, 0.25) is 0 Å². The molecule has 182 valence electrons. The molecule has 2 amide bonds. The van der Waals surface area contributed by atoms with Crippen molar-refractivity contribution >= 4 is 35.3 Å². The van der Waals surface area contributed by atoms with Crippen LogP contribution < -0.4 is 25.0 Å². The van der Waals surface area contributed by atoms with E-state index in [1.807, 2.05) is 6.92 Å². The van der Waals surface area contributed by atoms with Crippen LogP contribution >= 0.6 is 11.6 Å². The lowest BCUT2D eigenvalue weighted by Gasteiger charge is -2.12. The number of anilines is 1. The molecule has 0 saturated heterocycles. The third-order valence-electron chi connectivity index (χ3n) is 4.64. The summed E-state index contributed by atoms with van der Waals surface area (Å²) in [5.74, 6) is -1.16. The number of amides is 2. The molecule has 3 rings (SSSR count). The molecule has 3 aromatic rings. The number of ether oxygens (including phenoxy) is 3. The van der Waals surface area contributed by atoms with Crippen LogP contribution in [0.25, 0.3) is 0 Å². The zero-order valence-electron chi connectivity index (χ0n) is 19.0. The van der Waals surface area contributed by atoms with Crippen molar-refractivity contribution in [1.82, 2.24) is 5.43 Å². The van der Waals surface area contributed by atoms with Crippen LogP contribution in [0.4, 0.5) is 10.1 Å². The standard InChI is InChI=1S/C25H23ClFN3O5/c1-3-34-21-10-5-4-9-20(21)29-24(31)25(32)30-28-14-16-11-12-22(23(13-16)33-2)35-15-17-18(26)7-6-8-19(17)27/h4-14H,3,15H2,1-2H3,(H,29,31)(H,30,32). The summed E-state index contributed by atoms with van der Waals surface area (Å²) in [6.45, 7) is 2.13. The molecule has 0 aliphatic carbocycles. The van der Waals surface area contributed by atoms with Gasteiger partial charge < -0.3 is 19.5 Å². The van der Waals surface area contributed by atoms with Gasteiger partial charge in [0.15, 0.2) is 11.5 Å². The average molecular weight is 500 g/mol. The Morgan fingerprint density at radius 2 is 1.80 bits per heavy atom. The minimum Gasteiger partial charge on any atom is -0.493 e. The number of halogens is 2. The largest absolute Gasteiger partial charge is 0.493 e. The molecule has 0 bridgehead atoms. The van der Waals surface area contributed by atoms with Crippen LogP contribution in [0, 0.1) is 5.82 Å². The first-order valence-corrected chi connectivity index (χ1v) is 10.9. The molecule has 0 spiro atoms. The topological polar surface area (TPSA) is 98.2 Å². The fourth-order valence-electron chi connectivity index (χ4n) is 2.95. The lowest BCUT2D eigenvalue weighted by Crippen LogP contribution is -2.32. The molecule has 0 aliphatic heterocycles. The number of nitrogens with zero attached hydrogens (tertiary/aromatic N) is 1. The summed E-state index contributed by atoms with van der Waals surface area (Å²) in [7, 11) is 1.45. The summed E-state index contributed by atoms with van der Waals surface area (Å²) >= 11 is 6.03. The predicted octanol–water partition coefficient (Wildman–Crippen LogP) is 4.55. The highest BCUT2D eigenvalue weighted by molar-refractivity contribution is 6.39. The predicted molar refractivity (Wildman–Crippen MR) is 131 cm³/mol. The van der Waals surface area contributed by atoms with E-state index in [-0.39, 0.29) is 17.2 Å². The van der Waals surface area contributed by atoms with Crippen LogP contribution in [0.3, 0.4) is 0 Å². The molecule has 0 radical (unpaired) electrons. The van der Waals surface area contributed by atoms with Crippen LogP contribution in [-0.2, 0) is 16.2 Å². The molecule has 0 heterocycles. The number of nitrogens with one attached hydrogen (secondary N) is 2. The van der Waals surface area contributed by atoms with E-state index in [9.17, 15) is 14.0 Å². The second kappa shape index (κ2) is 12.4. The Kier molecular flexibility index (Phi) is 9.02. The summed E-state index contributed by atoms with van der Waals surface area (Å²) in [6.07, 6.45) is 1.33. The molecular weight excluding hydrogens is 477 g/mol. The minimum atomic E-state index is -0.957. The van der Waals surface area contributed by atoms with E-state index in [1.54, 1.807) is 48.5 Å². The second-order valence-electron chi connectivity index (χ2n) is 6.98. The molecule has 2 N–H and O–H groups in total. The maximum Gasteiger partial charge on any atom is 0.329 e. The average Bonchev–Trinajstić information content (AvgIpc) is 2.85. The van der Waals surface area contributed by atoms with Crippen molar-refractivity contribution in [1.29, 1.82) is 0 Å². The number of rotatable bonds is 9. The van der Waals surface area contributed by atoms with Gasteiger partial charge in [-0.2, -0.15) is 5.10 Å². The first-order chi connectivity index (χ1) is 16.9.